The van der Waals surface area contributed by atoms with Crippen molar-refractivity contribution in [3.05, 3.63) is 69.6 Å². The van der Waals surface area contributed by atoms with Crippen LogP contribution in [0.4, 0.5) is 5.69 Å². The van der Waals surface area contributed by atoms with Gasteiger partial charge in [0, 0.05) is 37.4 Å². The van der Waals surface area contributed by atoms with Crippen LogP contribution in [0.2, 0.25) is 0 Å². The van der Waals surface area contributed by atoms with Gasteiger partial charge >= 0.3 is 0 Å². The Hall–Kier alpha value is -3.37. The minimum atomic E-state index is 0.277. The van der Waals surface area contributed by atoms with Gasteiger partial charge in [-0.1, -0.05) is 12.1 Å². The molecule has 176 valence electrons. The Labute approximate surface area is 216 Å². The number of aromatic nitrogens is 4. The first-order valence-corrected chi connectivity index (χ1v) is 12.7. The average molecular weight is 576 g/mol. The van der Waals surface area contributed by atoms with Crippen molar-refractivity contribution in [1.82, 2.24) is 24.8 Å². The molecule has 0 saturated carbocycles. The second-order valence-electron chi connectivity index (χ2n) is 8.98. The minimum absolute atomic E-state index is 0.277. The largest absolute Gasteiger partial charge is 0.507 e. The molecule has 0 atom stereocenters. The number of piperazine rings is 1. The molecule has 0 aliphatic carbocycles. The molecule has 5 aromatic rings. The number of hydrogen-bond donors (Lipinski definition) is 3. The molecule has 3 heterocycles. The van der Waals surface area contributed by atoms with Crippen LogP contribution < -0.4 is 4.90 Å². The summed E-state index contributed by atoms with van der Waals surface area (Å²) in [5.74, 6) is 1.89. The maximum atomic E-state index is 9.79. The zero-order valence-electron chi connectivity index (χ0n) is 19.3. The van der Waals surface area contributed by atoms with Gasteiger partial charge in [0.15, 0.2) is 0 Å². The summed E-state index contributed by atoms with van der Waals surface area (Å²) in [5, 5.41) is 9.79. The van der Waals surface area contributed by atoms with Gasteiger partial charge in [-0.15, -0.1) is 0 Å². The van der Waals surface area contributed by atoms with E-state index in [1.807, 2.05) is 24.3 Å². The van der Waals surface area contributed by atoms with Gasteiger partial charge < -0.3 is 24.9 Å². The van der Waals surface area contributed by atoms with Crippen molar-refractivity contribution in [2.75, 3.05) is 38.1 Å². The molecule has 3 N–H and O–H groups in total. The number of nitrogens with one attached hydrogen (secondary N) is 2. The lowest BCUT2D eigenvalue weighted by atomic mass is 10.2. The number of aromatic amines is 2. The van der Waals surface area contributed by atoms with Crippen LogP contribution in [0.15, 0.2) is 54.6 Å². The Kier molecular flexibility index (Phi) is 5.69. The highest BCUT2D eigenvalue weighted by molar-refractivity contribution is 14.1. The number of halogens is 1. The molecule has 0 bridgehead atoms. The Morgan fingerprint density at radius 1 is 0.857 bits per heavy atom. The van der Waals surface area contributed by atoms with Crippen LogP contribution in [0, 0.1) is 3.57 Å². The fraction of sp³-hybridized carbons (Fsp3) is 0.185. The number of benzene rings is 3. The van der Waals surface area contributed by atoms with Gasteiger partial charge in [0.05, 0.1) is 25.6 Å². The number of fused-ring (bicyclic) bond motifs is 2. The molecular formula is C27H25IN6O. The molecule has 1 aliphatic heterocycles. The third-order valence-corrected chi connectivity index (χ3v) is 7.38. The van der Waals surface area contributed by atoms with Crippen LogP contribution in [0.1, 0.15) is 11.4 Å². The van der Waals surface area contributed by atoms with Crippen molar-refractivity contribution in [2.24, 2.45) is 0 Å². The molecule has 7 nitrogen and oxygen atoms in total. The predicted octanol–water partition coefficient (Wildman–Crippen LogP) is 5.34. The van der Waals surface area contributed by atoms with E-state index in [9.17, 15) is 5.11 Å². The number of hydrogen-bond acceptors (Lipinski definition) is 5. The average Bonchev–Trinajstić information content (AvgIpc) is 3.48. The molecule has 8 heteroatoms. The predicted molar refractivity (Wildman–Crippen MR) is 151 cm³/mol. The third-order valence-electron chi connectivity index (χ3n) is 6.51. The van der Waals surface area contributed by atoms with Crippen molar-refractivity contribution in [3.8, 4) is 17.1 Å². The van der Waals surface area contributed by atoms with E-state index in [1.165, 1.54) is 5.69 Å². The molecule has 0 amide bonds. The fourth-order valence-corrected chi connectivity index (χ4v) is 4.97. The van der Waals surface area contributed by atoms with E-state index >= 15 is 0 Å². The lowest BCUT2D eigenvalue weighted by Crippen LogP contribution is -2.44. The highest BCUT2D eigenvalue weighted by Gasteiger charge is 2.15. The van der Waals surface area contributed by atoms with E-state index < -0.39 is 0 Å². The number of phenolic OH excluding ortho intramolecular Hbond substituents is 1. The van der Waals surface area contributed by atoms with Crippen molar-refractivity contribution in [1.29, 1.82) is 0 Å². The van der Waals surface area contributed by atoms with Gasteiger partial charge in [-0.25, -0.2) is 9.97 Å². The summed E-state index contributed by atoms with van der Waals surface area (Å²) >= 11 is 2.12. The zero-order chi connectivity index (χ0) is 23.9. The Morgan fingerprint density at radius 2 is 1.63 bits per heavy atom. The first-order chi connectivity index (χ1) is 17.0. The van der Waals surface area contributed by atoms with Crippen LogP contribution >= 0.6 is 22.6 Å². The Morgan fingerprint density at radius 3 is 2.46 bits per heavy atom. The smallest absolute Gasteiger partial charge is 0.138 e. The second-order valence-corrected chi connectivity index (χ2v) is 10.1. The minimum Gasteiger partial charge on any atom is -0.507 e. The summed E-state index contributed by atoms with van der Waals surface area (Å²) in [6.07, 6.45) is 4.07. The van der Waals surface area contributed by atoms with Crippen molar-refractivity contribution >= 4 is 62.5 Å². The summed E-state index contributed by atoms with van der Waals surface area (Å²) < 4.78 is 0.797. The zero-order valence-corrected chi connectivity index (χ0v) is 21.5. The van der Waals surface area contributed by atoms with Crippen LogP contribution in [-0.4, -0.2) is 63.2 Å². The lowest BCUT2D eigenvalue weighted by Gasteiger charge is -2.34. The van der Waals surface area contributed by atoms with Crippen molar-refractivity contribution in [2.45, 2.75) is 0 Å². The van der Waals surface area contributed by atoms with E-state index in [1.54, 1.807) is 6.07 Å². The first kappa shape index (κ1) is 22.1. The molecule has 0 unspecified atom stereocenters. The number of rotatable bonds is 4. The quantitative estimate of drug-likeness (QED) is 0.252. The molecule has 6 rings (SSSR count). The number of anilines is 1. The van der Waals surface area contributed by atoms with Gasteiger partial charge in [0.25, 0.3) is 0 Å². The number of phenols is 1. The number of H-pyrrole nitrogens is 2. The fourth-order valence-electron chi connectivity index (χ4n) is 4.45. The second kappa shape index (κ2) is 9.01. The van der Waals surface area contributed by atoms with E-state index in [0.29, 0.717) is 0 Å². The van der Waals surface area contributed by atoms with Crippen LogP contribution in [0.25, 0.3) is 45.6 Å². The summed E-state index contributed by atoms with van der Waals surface area (Å²) in [5.41, 5.74) is 7.14. The highest BCUT2D eigenvalue weighted by Crippen LogP contribution is 2.28. The van der Waals surface area contributed by atoms with E-state index in [-0.39, 0.29) is 5.75 Å². The van der Waals surface area contributed by atoms with Crippen LogP contribution in [-0.2, 0) is 0 Å². The third kappa shape index (κ3) is 4.51. The first-order valence-electron chi connectivity index (χ1n) is 11.6. The Balaban J connectivity index is 1.23. The van der Waals surface area contributed by atoms with Crippen molar-refractivity contribution in [3.63, 3.8) is 0 Å². The lowest BCUT2D eigenvalue weighted by molar-refractivity contribution is 0.313. The maximum absolute atomic E-state index is 9.79. The molecule has 3 aromatic carbocycles. The monoisotopic (exact) mass is 576 g/mol. The maximum Gasteiger partial charge on any atom is 0.138 e. The number of imidazole rings is 2. The van der Waals surface area contributed by atoms with E-state index in [2.05, 4.69) is 85.8 Å². The highest BCUT2D eigenvalue weighted by atomic mass is 127. The SMILES string of the molecule is CN1CCN(c2ccc3nc(/C=C/c4ccc5nc(-c6ccc(O)c(I)c6)[nH]c5c4)[nH]c3c2)CC1. The van der Waals surface area contributed by atoms with E-state index in [0.717, 1.165) is 74.6 Å². The van der Waals surface area contributed by atoms with Crippen LogP contribution in [0.3, 0.4) is 0 Å². The molecule has 1 fully saturated rings. The van der Waals surface area contributed by atoms with Gasteiger partial charge in [0.2, 0.25) is 0 Å². The summed E-state index contributed by atoms with van der Waals surface area (Å²) in [6, 6.07) is 18.1. The Bertz CT molecular complexity index is 1560. The van der Waals surface area contributed by atoms with Crippen LogP contribution in [0.5, 0.6) is 5.75 Å². The molecule has 1 aliphatic rings. The molecular weight excluding hydrogens is 551 g/mol. The number of likely N-dealkylation sites (N-methyl/N-ethyl adjacent to an activating group) is 1. The van der Waals surface area contributed by atoms with Gasteiger partial charge in [0.1, 0.15) is 17.4 Å². The normalized spacial score (nSPS) is 15.1. The van der Waals surface area contributed by atoms with Gasteiger partial charge in [-0.3, -0.25) is 0 Å². The molecule has 2 aromatic heterocycles. The molecule has 35 heavy (non-hydrogen) atoms. The topological polar surface area (TPSA) is 84.1 Å². The molecule has 0 spiro atoms. The van der Waals surface area contributed by atoms with Crippen molar-refractivity contribution < 1.29 is 5.11 Å². The molecule has 1 saturated heterocycles. The summed E-state index contributed by atoms with van der Waals surface area (Å²) in [4.78, 5) is 21.1. The summed E-state index contributed by atoms with van der Waals surface area (Å²) in [7, 11) is 2.17. The number of aromatic hydroxyl groups is 1. The number of nitrogens with zero attached hydrogens (tertiary/aromatic N) is 4. The van der Waals surface area contributed by atoms with Gasteiger partial charge in [-0.05, 0) is 89.8 Å². The van der Waals surface area contributed by atoms with E-state index in [4.69, 9.17) is 9.97 Å². The summed E-state index contributed by atoms with van der Waals surface area (Å²) in [6.45, 7) is 4.27. The van der Waals surface area contributed by atoms with Gasteiger partial charge in [-0.2, -0.15) is 0 Å². The standard InChI is InChI=1S/C27H25IN6O/c1-33-10-12-34(13-11-33)19-5-7-21-24(16-19)30-26(29-21)9-3-17-2-6-22-23(14-17)32-27(31-22)18-4-8-25(35)20(28)15-18/h2-9,14-16,35H,10-13H2,1H3,(H,29,30)(H,31,32)/b9-3+. The molecule has 0 radical (unpaired) electrons.